The Morgan fingerprint density at radius 3 is 3.00 bits per heavy atom. The zero-order valence-corrected chi connectivity index (χ0v) is 13.0. The van der Waals surface area contributed by atoms with Crippen molar-refractivity contribution in [2.75, 3.05) is 5.32 Å². The Morgan fingerprint density at radius 1 is 1.30 bits per heavy atom. The molecular weight excluding hydrogens is 364 g/mol. The number of carbonyl (C=O) groups is 1. The number of aromatic nitrogens is 5. The number of hydrogen-bond donors (Lipinski definition) is 4. The summed E-state index contributed by atoms with van der Waals surface area (Å²) in [5.74, 6) is -0.561. The summed E-state index contributed by atoms with van der Waals surface area (Å²) in [4.78, 5) is 22.3. The Morgan fingerprint density at radius 2 is 2.17 bits per heavy atom. The third-order valence-electron chi connectivity index (χ3n) is 3.45. The molecule has 0 spiro atoms. The largest absolute Gasteiger partial charge is 0.477 e. The van der Waals surface area contributed by atoms with Crippen molar-refractivity contribution in [3.8, 4) is 0 Å². The molecular formula is C14H9BrN6O2. The molecule has 23 heavy (non-hydrogen) atoms. The number of anilines is 2. The van der Waals surface area contributed by atoms with Crippen molar-refractivity contribution in [3.05, 3.63) is 40.9 Å². The van der Waals surface area contributed by atoms with E-state index >= 15 is 0 Å². The molecule has 0 unspecified atom stereocenters. The van der Waals surface area contributed by atoms with E-state index in [1.807, 2.05) is 18.2 Å². The van der Waals surface area contributed by atoms with Gasteiger partial charge in [0.1, 0.15) is 23.5 Å². The normalized spacial score (nSPS) is 11.2. The van der Waals surface area contributed by atoms with E-state index in [1.165, 1.54) is 6.33 Å². The van der Waals surface area contributed by atoms with E-state index < -0.39 is 5.97 Å². The zero-order chi connectivity index (χ0) is 16.0. The minimum atomic E-state index is -1.07. The van der Waals surface area contributed by atoms with Gasteiger partial charge in [0.15, 0.2) is 0 Å². The van der Waals surface area contributed by atoms with Gasteiger partial charge in [0.2, 0.25) is 0 Å². The summed E-state index contributed by atoms with van der Waals surface area (Å²) < 4.78 is 0.410. The molecule has 0 aliphatic carbocycles. The number of nitrogens with one attached hydrogen (secondary N) is 3. The van der Waals surface area contributed by atoms with Crippen LogP contribution in [0.1, 0.15) is 10.5 Å². The quantitative estimate of drug-likeness (QED) is 0.438. The second-order valence-corrected chi connectivity index (χ2v) is 5.66. The highest BCUT2D eigenvalue weighted by Crippen LogP contribution is 2.33. The Bertz CT molecular complexity index is 1050. The lowest BCUT2D eigenvalue weighted by atomic mass is 10.2. The second kappa shape index (κ2) is 5.06. The van der Waals surface area contributed by atoms with E-state index in [-0.39, 0.29) is 5.69 Å². The number of carboxylic acids is 1. The van der Waals surface area contributed by atoms with Crippen LogP contribution in [0.4, 0.5) is 11.5 Å². The van der Waals surface area contributed by atoms with Crippen molar-refractivity contribution < 1.29 is 9.90 Å². The van der Waals surface area contributed by atoms with E-state index in [1.54, 1.807) is 6.20 Å². The summed E-state index contributed by atoms with van der Waals surface area (Å²) in [7, 11) is 0. The first-order chi connectivity index (χ1) is 11.1. The van der Waals surface area contributed by atoms with Gasteiger partial charge in [-0.05, 0) is 34.1 Å². The van der Waals surface area contributed by atoms with Crippen LogP contribution < -0.4 is 5.32 Å². The summed E-state index contributed by atoms with van der Waals surface area (Å²) in [6.07, 6.45) is 3.10. The Balaban J connectivity index is 1.83. The number of benzene rings is 1. The first kappa shape index (κ1) is 13.7. The molecule has 0 amide bonds. The number of hydrogen-bond acceptors (Lipinski definition) is 5. The molecule has 3 aromatic heterocycles. The molecule has 114 valence electrons. The van der Waals surface area contributed by atoms with E-state index in [2.05, 4.69) is 46.4 Å². The number of carboxylic acid groups (broad SMARTS) is 1. The minimum Gasteiger partial charge on any atom is -0.477 e. The van der Waals surface area contributed by atoms with E-state index in [4.69, 9.17) is 0 Å². The van der Waals surface area contributed by atoms with Gasteiger partial charge < -0.3 is 15.4 Å². The predicted octanol–water partition coefficient (Wildman–Crippen LogP) is 3.04. The molecule has 1 aromatic carbocycles. The average molecular weight is 373 g/mol. The number of fused-ring (bicyclic) bond motifs is 2. The van der Waals surface area contributed by atoms with Crippen LogP contribution >= 0.6 is 15.9 Å². The minimum absolute atomic E-state index is 0.0360. The molecule has 0 aliphatic heterocycles. The lowest BCUT2D eigenvalue weighted by Crippen LogP contribution is -1.96. The Labute approximate surface area is 137 Å². The first-order valence-electron chi connectivity index (χ1n) is 6.59. The zero-order valence-electron chi connectivity index (χ0n) is 11.5. The van der Waals surface area contributed by atoms with Gasteiger partial charge in [-0.2, -0.15) is 5.10 Å². The highest BCUT2D eigenvalue weighted by molar-refractivity contribution is 9.10. The molecule has 0 atom stereocenters. The van der Waals surface area contributed by atoms with Crippen molar-refractivity contribution in [1.29, 1.82) is 0 Å². The van der Waals surface area contributed by atoms with Gasteiger partial charge in [-0.1, -0.05) is 0 Å². The number of nitrogens with zero attached hydrogens (tertiary/aromatic N) is 3. The van der Waals surface area contributed by atoms with E-state index in [0.29, 0.717) is 21.3 Å². The fraction of sp³-hybridized carbons (Fsp3) is 0. The fourth-order valence-corrected chi connectivity index (χ4v) is 3.03. The molecule has 0 bridgehead atoms. The number of rotatable bonds is 3. The molecule has 4 rings (SSSR count). The summed E-state index contributed by atoms with van der Waals surface area (Å²) in [5, 5.41) is 20.8. The van der Waals surface area contributed by atoms with Gasteiger partial charge in [-0.25, -0.2) is 14.8 Å². The van der Waals surface area contributed by atoms with Crippen molar-refractivity contribution in [1.82, 2.24) is 25.1 Å². The van der Waals surface area contributed by atoms with Crippen LogP contribution in [0.3, 0.4) is 0 Å². The van der Waals surface area contributed by atoms with Gasteiger partial charge in [-0.3, -0.25) is 5.10 Å². The van der Waals surface area contributed by atoms with Gasteiger partial charge >= 0.3 is 5.97 Å². The number of halogens is 1. The van der Waals surface area contributed by atoms with Gasteiger partial charge in [0.05, 0.1) is 21.6 Å². The third kappa shape index (κ3) is 2.21. The molecule has 0 saturated heterocycles. The van der Waals surface area contributed by atoms with Crippen molar-refractivity contribution in [2.45, 2.75) is 0 Å². The van der Waals surface area contributed by atoms with Gasteiger partial charge in [0, 0.05) is 11.1 Å². The number of H-pyrrole nitrogens is 2. The lowest BCUT2D eigenvalue weighted by Gasteiger charge is -2.06. The smallest absolute Gasteiger partial charge is 0.353 e. The highest BCUT2D eigenvalue weighted by atomic mass is 79.9. The predicted molar refractivity (Wildman–Crippen MR) is 87.9 cm³/mol. The highest BCUT2D eigenvalue weighted by Gasteiger charge is 2.19. The third-order valence-corrected chi connectivity index (χ3v) is 4.24. The summed E-state index contributed by atoms with van der Waals surface area (Å²) in [6, 6.07) is 5.70. The van der Waals surface area contributed by atoms with Crippen molar-refractivity contribution in [2.24, 2.45) is 0 Å². The average Bonchev–Trinajstić information content (AvgIpc) is 3.12. The van der Waals surface area contributed by atoms with Crippen LogP contribution in [-0.2, 0) is 0 Å². The van der Waals surface area contributed by atoms with Crippen LogP contribution in [0.15, 0.2) is 35.2 Å². The Hall–Kier alpha value is -2.94. The molecule has 4 aromatic rings. The fourth-order valence-electron chi connectivity index (χ4n) is 2.39. The van der Waals surface area contributed by atoms with Gasteiger partial charge in [-0.15, -0.1) is 0 Å². The Kier molecular flexibility index (Phi) is 3.01. The molecule has 4 N–H and O–H groups in total. The van der Waals surface area contributed by atoms with Crippen LogP contribution in [0.5, 0.6) is 0 Å². The van der Waals surface area contributed by atoms with Crippen LogP contribution in [-0.4, -0.2) is 36.2 Å². The molecule has 3 heterocycles. The van der Waals surface area contributed by atoms with E-state index in [0.717, 1.165) is 16.6 Å². The van der Waals surface area contributed by atoms with Crippen LogP contribution in [0.25, 0.3) is 21.9 Å². The van der Waals surface area contributed by atoms with E-state index in [9.17, 15) is 9.90 Å². The maximum Gasteiger partial charge on any atom is 0.353 e. The molecule has 9 heteroatoms. The summed E-state index contributed by atoms with van der Waals surface area (Å²) >= 11 is 3.30. The van der Waals surface area contributed by atoms with Crippen LogP contribution in [0, 0.1) is 0 Å². The molecule has 0 radical (unpaired) electrons. The maximum absolute atomic E-state index is 11.2. The second-order valence-electron chi connectivity index (χ2n) is 4.86. The van der Waals surface area contributed by atoms with Gasteiger partial charge in [0.25, 0.3) is 0 Å². The number of aromatic carboxylic acids is 1. The number of aromatic amines is 2. The summed E-state index contributed by atoms with van der Waals surface area (Å²) in [6.45, 7) is 0. The SMILES string of the molecule is O=C(O)c1[nH]c2ncnc(Nc3ccc4[nH]ncc4c3)c2c1Br. The molecule has 8 nitrogen and oxygen atoms in total. The molecule has 0 fully saturated rings. The van der Waals surface area contributed by atoms with Crippen molar-refractivity contribution in [3.63, 3.8) is 0 Å². The van der Waals surface area contributed by atoms with Crippen molar-refractivity contribution >= 4 is 55.3 Å². The molecule has 0 aliphatic rings. The molecule has 0 saturated carbocycles. The maximum atomic E-state index is 11.2. The standard InChI is InChI=1S/C14H9BrN6O2/c15-10-9-12(16-5-17-13(9)20-11(10)14(22)23)19-7-1-2-8-6(3-7)4-18-21-8/h1-5H,(H,18,21)(H,22,23)(H2,16,17,19,20). The van der Waals surface area contributed by atoms with Crippen LogP contribution in [0.2, 0.25) is 0 Å². The first-order valence-corrected chi connectivity index (χ1v) is 7.38. The monoisotopic (exact) mass is 372 g/mol. The topological polar surface area (TPSA) is 120 Å². The summed E-state index contributed by atoms with van der Waals surface area (Å²) in [5.41, 5.74) is 2.22. The lowest BCUT2D eigenvalue weighted by molar-refractivity contribution is 0.0690.